The zero-order chi connectivity index (χ0) is 7.56. The Morgan fingerprint density at radius 2 is 2.20 bits per heavy atom. The van der Waals surface area contributed by atoms with E-state index in [0.717, 1.165) is 5.56 Å². The molecule has 2 nitrogen and oxygen atoms in total. The minimum absolute atomic E-state index is 0.344. The standard InChI is InChI=1S/C6H6Cl2N2/c7-1-4-2-10-3-5(9)6(4)8/h2-3H,1,9H2. The van der Waals surface area contributed by atoms with Crippen LogP contribution in [0.4, 0.5) is 5.69 Å². The highest BCUT2D eigenvalue weighted by Gasteiger charge is 2.01. The van der Waals surface area contributed by atoms with Crippen LogP contribution >= 0.6 is 23.2 Å². The van der Waals surface area contributed by atoms with Crippen LogP contribution in [-0.2, 0) is 5.88 Å². The van der Waals surface area contributed by atoms with Gasteiger partial charge in [0.25, 0.3) is 0 Å². The molecule has 0 aliphatic heterocycles. The molecule has 0 radical (unpaired) electrons. The Balaban J connectivity index is 3.14. The van der Waals surface area contributed by atoms with Crippen molar-refractivity contribution in [3.05, 3.63) is 23.0 Å². The van der Waals surface area contributed by atoms with Crippen molar-refractivity contribution in [1.82, 2.24) is 4.98 Å². The lowest BCUT2D eigenvalue weighted by Crippen LogP contribution is -1.91. The number of rotatable bonds is 1. The predicted molar refractivity (Wildman–Crippen MR) is 43.2 cm³/mol. The third-order valence-corrected chi connectivity index (χ3v) is 1.87. The molecule has 0 saturated heterocycles. The Kier molecular flexibility index (Phi) is 2.35. The summed E-state index contributed by atoms with van der Waals surface area (Å²) in [6, 6.07) is 0. The van der Waals surface area contributed by atoms with E-state index in [0.29, 0.717) is 16.6 Å². The van der Waals surface area contributed by atoms with E-state index in [1.54, 1.807) is 6.20 Å². The van der Waals surface area contributed by atoms with Crippen molar-refractivity contribution in [1.29, 1.82) is 0 Å². The van der Waals surface area contributed by atoms with Crippen LogP contribution < -0.4 is 5.73 Å². The van der Waals surface area contributed by atoms with Crippen LogP contribution in [0.3, 0.4) is 0 Å². The van der Waals surface area contributed by atoms with E-state index >= 15 is 0 Å². The first-order valence-corrected chi connectivity index (χ1v) is 3.60. The molecule has 54 valence electrons. The molecule has 0 aliphatic carbocycles. The van der Waals surface area contributed by atoms with Gasteiger partial charge in [-0.15, -0.1) is 11.6 Å². The van der Waals surface area contributed by atoms with E-state index < -0.39 is 0 Å². The topological polar surface area (TPSA) is 38.9 Å². The number of anilines is 1. The van der Waals surface area contributed by atoms with Crippen LogP contribution in [0.5, 0.6) is 0 Å². The van der Waals surface area contributed by atoms with Crippen molar-refractivity contribution in [3.63, 3.8) is 0 Å². The summed E-state index contributed by atoms with van der Waals surface area (Å²) < 4.78 is 0. The Hall–Kier alpha value is -0.470. The third-order valence-electron chi connectivity index (χ3n) is 1.12. The summed E-state index contributed by atoms with van der Waals surface area (Å²) in [4.78, 5) is 3.82. The molecule has 0 spiro atoms. The lowest BCUT2D eigenvalue weighted by molar-refractivity contribution is 1.25. The zero-order valence-electron chi connectivity index (χ0n) is 5.14. The minimum atomic E-state index is 0.344. The number of alkyl halides is 1. The number of halogens is 2. The molecule has 1 rings (SSSR count). The fourth-order valence-corrected chi connectivity index (χ4v) is 1.03. The second-order valence-corrected chi connectivity index (χ2v) is 2.48. The quantitative estimate of drug-likeness (QED) is 0.666. The molecule has 0 bridgehead atoms. The summed E-state index contributed by atoms with van der Waals surface area (Å²) in [5.41, 5.74) is 6.68. The summed E-state index contributed by atoms with van der Waals surface area (Å²) in [6.07, 6.45) is 3.10. The molecule has 1 heterocycles. The first kappa shape index (κ1) is 7.63. The monoisotopic (exact) mass is 176 g/mol. The molecule has 1 aromatic heterocycles. The number of nitrogen functional groups attached to an aromatic ring is 1. The Bertz CT molecular complexity index is 237. The van der Waals surface area contributed by atoms with Gasteiger partial charge in [0.15, 0.2) is 0 Å². The maximum Gasteiger partial charge on any atom is 0.0710 e. The van der Waals surface area contributed by atoms with Crippen molar-refractivity contribution < 1.29 is 0 Å². The Morgan fingerprint density at radius 3 is 2.70 bits per heavy atom. The molecular weight excluding hydrogens is 171 g/mol. The SMILES string of the molecule is Nc1cncc(CCl)c1Cl. The first-order chi connectivity index (χ1) is 4.75. The van der Waals surface area contributed by atoms with Crippen molar-refractivity contribution in [2.24, 2.45) is 0 Å². The number of aromatic nitrogens is 1. The van der Waals surface area contributed by atoms with E-state index in [4.69, 9.17) is 28.9 Å². The van der Waals surface area contributed by atoms with E-state index in [2.05, 4.69) is 4.98 Å². The van der Waals surface area contributed by atoms with Gasteiger partial charge in [-0.25, -0.2) is 0 Å². The first-order valence-electron chi connectivity index (χ1n) is 2.69. The summed E-state index contributed by atoms with van der Waals surface area (Å²) in [5, 5.41) is 0.505. The molecule has 0 atom stereocenters. The highest BCUT2D eigenvalue weighted by molar-refractivity contribution is 6.34. The molecule has 0 amide bonds. The fourth-order valence-electron chi connectivity index (χ4n) is 0.599. The minimum Gasteiger partial charge on any atom is -0.396 e. The lowest BCUT2D eigenvalue weighted by Gasteiger charge is -1.99. The third kappa shape index (κ3) is 1.33. The van der Waals surface area contributed by atoms with Crippen LogP contribution in [-0.4, -0.2) is 4.98 Å². The van der Waals surface area contributed by atoms with Gasteiger partial charge in [0.05, 0.1) is 22.8 Å². The average molecular weight is 177 g/mol. The summed E-state index contributed by atoms with van der Waals surface area (Å²) in [6.45, 7) is 0. The molecule has 1 aromatic rings. The second-order valence-electron chi connectivity index (χ2n) is 1.84. The largest absolute Gasteiger partial charge is 0.396 e. The number of hydrogen-bond acceptors (Lipinski definition) is 2. The van der Waals surface area contributed by atoms with Gasteiger partial charge in [0, 0.05) is 11.8 Å². The van der Waals surface area contributed by atoms with Gasteiger partial charge in [0.2, 0.25) is 0 Å². The summed E-state index contributed by atoms with van der Waals surface area (Å²) >= 11 is 11.3. The number of hydrogen-bond donors (Lipinski definition) is 1. The molecule has 2 N–H and O–H groups in total. The highest BCUT2D eigenvalue weighted by atomic mass is 35.5. The van der Waals surface area contributed by atoms with Crippen molar-refractivity contribution >= 4 is 28.9 Å². The maximum atomic E-state index is 5.74. The van der Waals surface area contributed by atoms with E-state index in [1.165, 1.54) is 6.20 Å². The van der Waals surface area contributed by atoms with E-state index in [9.17, 15) is 0 Å². The Morgan fingerprint density at radius 1 is 1.50 bits per heavy atom. The number of pyridine rings is 1. The molecule has 4 heteroatoms. The van der Waals surface area contributed by atoms with Crippen molar-refractivity contribution in [3.8, 4) is 0 Å². The maximum absolute atomic E-state index is 5.74. The molecule has 0 aliphatic rings. The molecule has 0 saturated carbocycles. The lowest BCUT2D eigenvalue weighted by atomic mass is 10.3. The van der Waals surface area contributed by atoms with E-state index in [-0.39, 0.29) is 0 Å². The zero-order valence-corrected chi connectivity index (χ0v) is 6.65. The van der Waals surface area contributed by atoms with Crippen molar-refractivity contribution in [2.45, 2.75) is 5.88 Å². The number of nitrogens with two attached hydrogens (primary N) is 1. The van der Waals surface area contributed by atoms with Gasteiger partial charge in [-0.1, -0.05) is 11.6 Å². The molecule has 10 heavy (non-hydrogen) atoms. The number of nitrogens with zero attached hydrogens (tertiary/aromatic N) is 1. The summed E-state index contributed by atoms with van der Waals surface area (Å²) in [7, 11) is 0. The fraction of sp³-hybridized carbons (Fsp3) is 0.167. The van der Waals surface area contributed by atoms with Crippen LogP contribution in [0.2, 0.25) is 5.02 Å². The molecule has 0 aromatic carbocycles. The van der Waals surface area contributed by atoms with E-state index in [1.807, 2.05) is 0 Å². The van der Waals surface area contributed by atoms with Gasteiger partial charge in [-0.05, 0) is 0 Å². The van der Waals surface area contributed by atoms with Gasteiger partial charge >= 0.3 is 0 Å². The predicted octanol–water partition coefficient (Wildman–Crippen LogP) is 2.06. The highest BCUT2D eigenvalue weighted by Crippen LogP contribution is 2.22. The molecule has 0 unspecified atom stereocenters. The smallest absolute Gasteiger partial charge is 0.0710 e. The van der Waals surface area contributed by atoms with Crippen molar-refractivity contribution in [2.75, 3.05) is 5.73 Å². The van der Waals surface area contributed by atoms with Gasteiger partial charge in [-0.3, -0.25) is 4.98 Å². The van der Waals surface area contributed by atoms with Crippen LogP contribution in [0.25, 0.3) is 0 Å². The Labute approximate surface area is 69.0 Å². The second kappa shape index (κ2) is 3.08. The van der Waals surface area contributed by atoms with Crippen LogP contribution in [0.15, 0.2) is 12.4 Å². The molecular formula is C6H6Cl2N2. The average Bonchev–Trinajstić information content (AvgIpc) is 1.95. The molecule has 0 fully saturated rings. The van der Waals surface area contributed by atoms with Gasteiger partial charge in [-0.2, -0.15) is 0 Å². The normalized spacial score (nSPS) is 9.80. The van der Waals surface area contributed by atoms with Gasteiger partial charge in [0.1, 0.15) is 0 Å². The van der Waals surface area contributed by atoms with Gasteiger partial charge < -0.3 is 5.73 Å². The summed E-state index contributed by atoms with van der Waals surface area (Å²) in [5.74, 6) is 0.344. The van der Waals surface area contributed by atoms with Crippen LogP contribution in [0.1, 0.15) is 5.56 Å². The van der Waals surface area contributed by atoms with Crippen LogP contribution in [0, 0.1) is 0 Å².